The van der Waals surface area contributed by atoms with E-state index in [0.29, 0.717) is 12.1 Å². The fraction of sp³-hybridized carbons (Fsp3) is 0.684. The number of nitrogens with zero attached hydrogens (tertiary/aromatic N) is 1. The monoisotopic (exact) mass is 365 g/mol. The van der Waals surface area contributed by atoms with Gasteiger partial charge in [-0.2, -0.15) is 0 Å². The molecular weight excluding hydrogens is 338 g/mol. The molecule has 2 atom stereocenters. The lowest BCUT2D eigenvalue weighted by Gasteiger charge is -2.57. The molecule has 0 spiro atoms. The van der Waals surface area contributed by atoms with E-state index in [1.807, 2.05) is 6.07 Å². The molecule has 0 aromatic heterocycles. The summed E-state index contributed by atoms with van der Waals surface area (Å²) in [6, 6.07) is 11.6. The predicted octanol–water partition coefficient (Wildman–Crippen LogP) is 4.87. The van der Waals surface area contributed by atoms with Gasteiger partial charge in [-0.15, -0.1) is 0 Å². The summed E-state index contributed by atoms with van der Waals surface area (Å²) < 4.78 is 6.31. The van der Waals surface area contributed by atoms with Gasteiger partial charge in [-0.3, -0.25) is 4.90 Å². The lowest BCUT2D eigenvalue weighted by Crippen LogP contribution is -2.70. The normalized spacial score (nSPS) is 27.4. The van der Waals surface area contributed by atoms with Crippen LogP contribution in [0.25, 0.3) is 0 Å². The molecule has 0 amide bonds. The minimum absolute atomic E-state index is 0.231. The summed E-state index contributed by atoms with van der Waals surface area (Å²) in [5.74, 6) is 1.01. The lowest BCUT2D eigenvalue weighted by molar-refractivity contribution is -0.120. The molecule has 1 aromatic carbocycles. The zero-order chi connectivity index (χ0) is 15.6. The van der Waals surface area contributed by atoms with Crippen LogP contribution in [0.5, 0.6) is 5.75 Å². The number of benzene rings is 1. The summed E-state index contributed by atoms with van der Waals surface area (Å²) in [7, 11) is 0. The molecule has 22 heavy (non-hydrogen) atoms. The molecule has 2 fully saturated rings. The second kappa shape index (κ2) is 6.92. The Morgan fingerprint density at radius 1 is 1.14 bits per heavy atom. The first kappa shape index (κ1) is 16.3. The van der Waals surface area contributed by atoms with Gasteiger partial charge in [0.25, 0.3) is 0 Å². The van der Waals surface area contributed by atoms with Crippen molar-refractivity contribution >= 4 is 15.9 Å². The fourth-order valence-electron chi connectivity index (χ4n) is 4.09. The molecule has 1 heterocycles. The van der Waals surface area contributed by atoms with Gasteiger partial charge in [0.15, 0.2) is 0 Å². The summed E-state index contributed by atoms with van der Waals surface area (Å²) >= 11 is 3.73. The van der Waals surface area contributed by atoms with Crippen LogP contribution >= 0.6 is 15.9 Å². The van der Waals surface area contributed by atoms with Gasteiger partial charge in [-0.25, -0.2) is 0 Å². The van der Waals surface area contributed by atoms with E-state index in [1.165, 1.54) is 32.1 Å². The van der Waals surface area contributed by atoms with Crippen molar-refractivity contribution in [3.8, 4) is 5.75 Å². The van der Waals surface area contributed by atoms with Gasteiger partial charge in [-0.05, 0) is 30.4 Å². The highest BCUT2D eigenvalue weighted by Crippen LogP contribution is 2.41. The summed E-state index contributed by atoms with van der Waals surface area (Å²) in [6.45, 7) is 5.81. The number of hydrogen-bond acceptors (Lipinski definition) is 2. The Morgan fingerprint density at radius 3 is 2.45 bits per heavy atom. The van der Waals surface area contributed by atoms with Crippen LogP contribution in [0.2, 0.25) is 0 Å². The van der Waals surface area contributed by atoms with E-state index in [1.54, 1.807) is 0 Å². The van der Waals surface area contributed by atoms with E-state index >= 15 is 0 Å². The molecule has 1 aliphatic carbocycles. The van der Waals surface area contributed by atoms with Crippen LogP contribution in [0, 0.1) is 5.41 Å². The van der Waals surface area contributed by atoms with Gasteiger partial charge in [0.2, 0.25) is 0 Å². The third-order valence-corrected chi connectivity index (χ3v) is 6.76. The molecule has 0 bridgehead atoms. The zero-order valence-electron chi connectivity index (χ0n) is 13.8. The van der Waals surface area contributed by atoms with Crippen molar-refractivity contribution in [1.82, 2.24) is 4.90 Å². The van der Waals surface area contributed by atoms with Crippen LogP contribution in [0.1, 0.15) is 46.0 Å². The highest BCUT2D eigenvalue weighted by Gasteiger charge is 2.51. The maximum absolute atomic E-state index is 6.31. The Labute approximate surface area is 143 Å². The quantitative estimate of drug-likeness (QED) is 0.690. The van der Waals surface area contributed by atoms with Crippen molar-refractivity contribution in [3.05, 3.63) is 30.3 Å². The minimum atomic E-state index is 0.231. The third kappa shape index (κ3) is 3.35. The number of halogens is 1. The lowest BCUT2D eigenvalue weighted by atomic mass is 9.74. The standard InChI is InChI=1S/C19H28BrNO/c1-19(2,14-20)18-17(22-16-11-7-4-8-12-16)13-21(18)15-9-5-3-6-10-15/h4,7-8,11-12,15,17-18H,3,5-6,9-10,13-14H2,1-2H3/t17-,18+/m1/s1. The Hall–Kier alpha value is -0.540. The maximum Gasteiger partial charge on any atom is 0.127 e. The number of para-hydroxylation sites is 1. The first-order chi connectivity index (χ1) is 10.6. The van der Waals surface area contributed by atoms with Crippen LogP contribution in [0.4, 0.5) is 0 Å². The smallest absolute Gasteiger partial charge is 0.127 e. The highest BCUT2D eigenvalue weighted by atomic mass is 79.9. The van der Waals surface area contributed by atoms with Crippen LogP contribution in [-0.4, -0.2) is 35.0 Å². The van der Waals surface area contributed by atoms with E-state index in [2.05, 4.69) is 58.9 Å². The van der Waals surface area contributed by atoms with Crippen LogP contribution in [0.15, 0.2) is 30.3 Å². The van der Waals surface area contributed by atoms with Crippen LogP contribution in [0.3, 0.4) is 0 Å². The molecule has 0 radical (unpaired) electrons. The molecule has 1 saturated heterocycles. The Kier molecular flexibility index (Phi) is 5.13. The second-order valence-electron chi connectivity index (χ2n) is 7.53. The van der Waals surface area contributed by atoms with Gasteiger partial charge < -0.3 is 4.74 Å². The van der Waals surface area contributed by atoms with E-state index in [-0.39, 0.29) is 5.41 Å². The van der Waals surface area contributed by atoms with Crippen LogP contribution < -0.4 is 4.74 Å². The average molecular weight is 366 g/mol. The van der Waals surface area contributed by atoms with E-state index < -0.39 is 0 Å². The number of rotatable bonds is 5. The predicted molar refractivity (Wildman–Crippen MR) is 95.8 cm³/mol. The average Bonchev–Trinajstić information content (AvgIpc) is 2.52. The van der Waals surface area contributed by atoms with E-state index in [0.717, 1.165) is 23.7 Å². The fourth-order valence-corrected chi connectivity index (χ4v) is 4.42. The molecule has 122 valence electrons. The molecule has 3 heteroatoms. The van der Waals surface area contributed by atoms with Gasteiger partial charge in [-0.1, -0.05) is 67.2 Å². The number of alkyl halides is 1. The highest BCUT2D eigenvalue weighted by molar-refractivity contribution is 9.09. The Morgan fingerprint density at radius 2 is 1.82 bits per heavy atom. The van der Waals surface area contributed by atoms with Gasteiger partial charge in [0, 0.05) is 17.9 Å². The van der Waals surface area contributed by atoms with Gasteiger partial charge in [0.05, 0.1) is 6.04 Å². The van der Waals surface area contributed by atoms with Crippen molar-refractivity contribution in [2.24, 2.45) is 5.41 Å². The van der Waals surface area contributed by atoms with Crippen molar-refractivity contribution in [1.29, 1.82) is 0 Å². The molecule has 2 nitrogen and oxygen atoms in total. The van der Waals surface area contributed by atoms with Crippen molar-refractivity contribution in [3.63, 3.8) is 0 Å². The molecule has 1 saturated carbocycles. The summed E-state index contributed by atoms with van der Waals surface area (Å²) in [6.07, 6.45) is 7.26. The summed E-state index contributed by atoms with van der Waals surface area (Å²) in [5.41, 5.74) is 0.231. The Bertz CT molecular complexity index is 470. The van der Waals surface area contributed by atoms with Crippen LogP contribution in [-0.2, 0) is 0 Å². The summed E-state index contributed by atoms with van der Waals surface area (Å²) in [5, 5.41) is 1.02. The first-order valence-electron chi connectivity index (χ1n) is 8.65. The molecular formula is C19H28BrNO. The van der Waals surface area contributed by atoms with Gasteiger partial charge in [0.1, 0.15) is 11.9 Å². The largest absolute Gasteiger partial charge is 0.487 e. The molecule has 0 unspecified atom stereocenters. The zero-order valence-corrected chi connectivity index (χ0v) is 15.4. The minimum Gasteiger partial charge on any atom is -0.487 e. The number of hydrogen-bond donors (Lipinski definition) is 0. The molecule has 1 aliphatic heterocycles. The molecule has 0 N–H and O–H groups in total. The SMILES string of the molecule is CC(C)(CBr)[C@@H]1[C@H](Oc2ccccc2)CN1C1CCCCC1. The van der Waals surface area contributed by atoms with Gasteiger partial charge >= 0.3 is 0 Å². The molecule has 1 aromatic rings. The van der Waals surface area contributed by atoms with Crippen molar-refractivity contribution in [2.45, 2.75) is 64.1 Å². The van der Waals surface area contributed by atoms with E-state index in [4.69, 9.17) is 4.74 Å². The first-order valence-corrected chi connectivity index (χ1v) is 9.77. The Balaban J connectivity index is 1.71. The van der Waals surface area contributed by atoms with Crippen molar-refractivity contribution < 1.29 is 4.74 Å². The van der Waals surface area contributed by atoms with Crippen molar-refractivity contribution in [2.75, 3.05) is 11.9 Å². The third-order valence-electron chi connectivity index (χ3n) is 5.32. The second-order valence-corrected chi connectivity index (χ2v) is 8.09. The molecule has 3 rings (SSSR count). The number of ether oxygens (including phenoxy) is 1. The topological polar surface area (TPSA) is 12.5 Å². The molecule has 2 aliphatic rings. The maximum atomic E-state index is 6.31. The number of likely N-dealkylation sites (tertiary alicyclic amines) is 1. The van der Waals surface area contributed by atoms with E-state index in [9.17, 15) is 0 Å². The summed E-state index contributed by atoms with van der Waals surface area (Å²) in [4.78, 5) is 2.73.